The summed E-state index contributed by atoms with van der Waals surface area (Å²) < 4.78 is 5.22. The molecule has 2 rings (SSSR count). The molecule has 1 unspecified atom stereocenters. The number of primary amides is 1. The highest BCUT2D eigenvalue weighted by molar-refractivity contribution is 5.78. The van der Waals surface area contributed by atoms with E-state index in [2.05, 4.69) is 9.97 Å². The molecule has 98 valence electrons. The van der Waals surface area contributed by atoms with E-state index in [0.29, 0.717) is 23.9 Å². The Balaban J connectivity index is 2.26. The zero-order valence-electron chi connectivity index (χ0n) is 10.3. The molecule has 0 aromatic carbocycles. The normalized spacial score (nSPS) is 19.6. The van der Waals surface area contributed by atoms with E-state index in [4.69, 9.17) is 16.2 Å². The minimum Gasteiger partial charge on any atom is -0.490 e. The lowest BCUT2D eigenvalue weighted by atomic mass is 9.97. The summed E-state index contributed by atoms with van der Waals surface area (Å²) in [6, 6.07) is 0. The molecule has 0 aliphatic carbocycles. The predicted molar refractivity (Wildman–Crippen MR) is 67.1 cm³/mol. The van der Waals surface area contributed by atoms with Gasteiger partial charge in [0.2, 0.25) is 11.7 Å². The van der Waals surface area contributed by atoms with Crippen molar-refractivity contribution in [2.45, 2.75) is 12.8 Å². The van der Waals surface area contributed by atoms with Gasteiger partial charge < -0.3 is 21.1 Å². The second-order valence-corrected chi connectivity index (χ2v) is 4.30. The van der Waals surface area contributed by atoms with Crippen LogP contribution in [0.2, 0.25) is 0 Å². The number of hydrogen-bond donors (Lipinski definition) is 2. The zero-order valence-corrected chi connectivity index (χ0v) is 10.3. The van der Waals surface area contributed by atoms with Crippen molar-refractivity contribution in [1.82, 2.24) is 9.97 Å². The van der Waals surface area contributed by atoms with Crippen LogP contribution in [0.25, 0.3) is 0 Å². The van der Waals surface area contributed by atoms with Crippen LogP contribution in [-0.4, -0.2) is 36.1 Å². The smallest absolute Gasteiger partial charge is 0.222 e. The molecule has 1 aromatic heterocycles. The number of rotatable bonds is 3. The molecule has 2 heterocycles. The van der Waals surface area contributed by atoms with Crippen LogP contribution in [0.15, 0.2) is 6.33 Å². The fraction of sp³-hybridized carbons (Fsp3) is 0.545. The third-order valence-corrected chi connectivity index (χ3v) is 3.14. The monoisotopic (exact) mass is 251 g/mol. The van der Waals surface area contributed by atoms with Crippen molar-refractivity contribution >= 4 is 17.5 Å². The minimum absolute atomic E-state index is 0.153. The Morgan fingerprint density at radius 2 is 2.33 bits per heavy atom. The Labute approximate surface area is 105 Å². The largest absolute Gasteiger partial charge is 0.490 e. The van der Waals surface area contributed by atoms with Crippen LogP contribution < -0.4 is 21.1 Å². The number of hydrogen-bond acceptors (Lipinski definition) is 6. The first-order valence-corrected chi connectivity index (χ1v) is 5.82. The molecule has 4 N–H and O–H groups in total. The number of anilines is 2. The minimum atomic E-state index is -0.277. The molecular weight excluding hydrogens is 234 g/mol. The molecule has 0 radical (unpaired) electrons. The second-order valence-electron chi connectivity index (χ2n) is 4.30. The van der Waals surface area contributed by atoms with E-state index in [9.17, 15) is 4.79 Å². The summed E-state index contributed by atoms with van der Waals surface area (Å²) >= 11 is 0. The van der Waals surface area contributed by atoms with Crippen LogP contribution in [0.4, 0.5) is 11.6 Å². The molecule has 0 spiro atoms. The summed E-state index contributed by atoms with van der Waals surface area (Å²) in [4.78, 5) is 21.3. The lowest BCUT2D eigenvalue weighted by Gasteiger charge is -2.32. The number of ether oxygens (including phenoxy) is 1. The number of amides is 1. The van der Waals surface area contributed by atoms with Gasteiger partial charge in [-0.1, -0.05) is 0 Å². The Morgan fingerprint density at radius 1 is 1.56 bits per heavy atom. The van der Waals surface area contributed by atoms with Gasteiger partial charge in [-0.25, -0.2) is 9.97 Å². The van der Waals surface area contributed by atoms with Crippen LogP contribution in [0.1, 0.15) is 12.8 Å². The molecular formula is C11H17N5O2. The first kappa shape index (κ1) is 12.4. The van der Waals surface area contributed by atoms with E-state index in [0.717, 1.165) is 19.4 Å². The standard InChI is InChI=1S/C11H17N5O2/c1-18-8-9(12)14-6-15-11(8)16-4-2-3-7(5-16)10(13)17/h6-7H,2-5H2,1H3,(H2,13,17)(H2,12,14,15). The van der Waals surface area contributed by atoms with E-state index >= 15 is 0 Å². The first-order chi connectivity index (χ1) is 8.63. The highest BCUT2D eigenvalue weighted by Gasteiger charge is 2.27. The molecule has 1 fully saturated rings. The molecule has 7 heteroatoms. The third-order valence-electron chi connectivity index (χ3n) is 3.14. The van der Waals surface area contributed by atoms with Gasteiger partial charge in [-0.15, -0.1) is 0 Å². The van der Waals surface area contributed by atoms with Crippen LogP contribution in [0.5, 0.6) is 5.75 Å². The molecule has 1 atom stereocenters. The van der Waals surface area contributed by atoms with Gasteiger partial charge in [-0.2, -0.15) is 0 Å². The maximum Gasteiger partial charge on any atom is 0.222 e. The molecule has 18 heavy (non-hydrogen) atoms. The van der Waals surface area contributed by atoms with Crippen molar-refractivity contribution in [2.75, 3.05) is 30.8 Å². The molecule has 1 saturated heterocycles. The molecule has 7 nitrogen and oxygen atoms in total. The SMILES string of the molecule is COc1c(N)ncnc1N1CCCC(C(N)=O)C1. The topological polar surface area (TPSA) is 107 Å². The summed E-state index contributed by atoms with van der Waals surface area (Å²) in [6.45, 7) is 1.35. The Morgan fingerprint density at radius 3 is 3.00 bits per heavy atom. The maximum absolute atomic E-state index is 11.3. The van der Waals surface area contributed by atoms with Gasteiger partial charge in [0.25, 0.3) is 0 Å². The number of carbonyl (C=O) groups is 1. The average molecular weight is 251 g/mol. The number of nitrogens with two attached hydrogens (primary N) is 2. The van der Waals surface area contributed by atoms with Crippen LogP contribution in [0, 0.1) is 5.92 Å². The van der Waals surface area contributed by atoms with E-state index in [1.807, 2.05) is 4.90 Å². The molecule has 1 aliphatic rings. The molecule has 0 bridgehead atoms. The summed E-state index contributed by atoms with van der Waals surface area (Å²) in [5, 5.41) is 0. The van der Waals surface area contributed by atoms with Crippen molar-refractivity contribution in [3.8, 4) is 5.75 Å². The zero-order chi connectivity index (χ0) is 13.1. The van der Waals surface area contributed by atoms with E-state index in [1.165, 1.54) is 13.4 Å². The summed E-state index contributed by atoms with van der Waals surface area (Å²) in [6.07, 6.45) is 3.09. The van der Waals surface area contributed by atoms with Crippen molar-refractivity contribution in [3.63, 3.8) is 0 Å². The van der Waals surface area contributed by atoms with Crippen molar-refractivity contribution in [1.29, 1.82) is 0 Å². The first-order valence-electron chi connectivity index (χ1n) is 5.82. The number of aromatic nitrogens is 2. The van der Waals surface area contributed by atoms with Gasteiger partial charge in [0.05, 0.1) is 13.0 Å². The second kappa shape index (κ2) is 5.07. The molecule has 1 aliphatic heterocycles. The number of piperidine rings is 1. The summed E-state index contributed by atoms with van der Waals surface area (Å²) in [5.41, 5.74) is 11.1. The number of carbonyl (C=O) groups excluding carboxylic acids is 1. The lowest BCUT2D eigenvalue weighted by molar-refractivity contribution is -0.122. The van der Waals surface area contributed by atoms with Crippen molar-refractivity contribution in [3.05, 3.63) is 6.33 Å². The van der Waals surface area contributed by atoms with Gasteiger partial charge in [-0.05, 0) is 12.8 Å². The van der Waals surface area contributed by atoms with E-state index < -0.39 is 0 Å². The maximum atomic E-state index is 11.3. The predicted octanol–water partition coefficient (Wildman–Crippen LogP) is -0.231. The Hall–Kier alpha value is -2.05. The van der Waals surface area contributed by atoms with Crippen LogP contribution in [0.3, 0.4) is 0 Å². The summed E-state index contributed by atoms with van der Waals surface area (Å²) in [7, 11) is 1.52. The van der Waals surface area contributed by atoms with Crippen molar-refractivity contribution in [2.24, 2.45) is 11.7 Å². The van der Waals surface area contributed by atoms with Crippen LogP contribution >= 0.6 is 0 Å². The van der Waals surface area contributed by atoms with Gasteiger partial charge >= 0.3 is 0 Å². The fourth-order valence-electron chi connectivity index (χ4n) is 2.20. The third kappa shape index (κ3) is 2.29. The summed E-state index contributed by atoms with van der Waals surface area (Å²) in [5.74, 6) is 0.933. The van der Waals surface area contributed by atoms with Gasteiger partial charge in [0.1, 0.15) is 6.33 Å². The molecule has 1 amide bonds. The highest BCUT2D eigenvalue weighted by atomic mass is 16.5. The fourth-order valence-corrected chi connectivity index (χ4v) is 2.20. The average Bonchev–Trinajstić information content (AvgIpc) is 2.38. The quantitative estimate of drug-likeness (QED) is 0.768. The molecule has 0 saturated carbocycles. The Bertz CT molecular complexity index is 451. The number of nitrogens with zero attached hydrogens (tertiary/aromatic N) is 3. The van der Waals surface area contributed by atoms with E-state index in [1.54, 1.807) is 0 Å². The molecule has 1 aromatic rings. The number of methoxy groups -OCH3 is 1. The van der Waals surface area contributed by atoms with Crippen molar-refractivity contribution < 1.29 is 9.53 Å². The lowest BCUT2D eigenvalue weighted by Crippen LogP contribution is -2.41. The van der Waals surface area contributed by atoms with E-state index in [-0.39, 0.29) is 11.8 Å². The van der Waals surface area contributed by atoms with Gasteiger partial charge in [0, 0.05) is 13.1 Å². The number of nitrogen functional groups attached to an aromatic ring is 1. The van der Waals surface area contributed by atoms with Crippen LogP contribution in [-0.2, 0) is 4.79 Å². The highest BCUT2D eigenvalue weighted by Crippen LogP contribution is 2.32. The van der Waals surface area contributed by atoms with Gasteiger partial charge in [0.15, 0.2) is 11.6 Å². The Kier molecular flexibility index (Phi) is 3.50. The van der Waals surface area contributed by atoms with Gasteiger partial charge in [-0.3, -0.25) is 4.79 Å².